The number of nitrogen functional groups attached to an aromatic ring is 1. The summed E-state index contributed by atoms with van der Waals surface area (Å²) in [7, 11) is 1.09. The number of carboxylic acid groups (broad SMARTS) is 1. The van der Waals surface area contributed by atoms with Crippen molar-refractivity contribution in [3.63, 3.8) is 0 Å². The number of halogens is 3. The van der Waals surface area contributed by atoms with Gasteiger partial charge in [-0.1, -0.05) is 6.42 Å². The van der Waals surface area contributed by atoms with Crippen LogP contribution < -0.4 is 26.8 Å². The average Bonchev–Trinajstić information content (AvgIpc) is 3.02. The van der Waals surface area contributed by atoms with Gasteiger partial charge in [-0.3, -0.25) is 33.9 Å². The number of alkyl halides is 3. The molecule has 2 aromatic heterocycles. The van der Waals surface area contributed by atoms with Gasteiger partial charge in [0.1, 0.15) is 6.04 Å². The van der Waals surface area contributed by atoms with Crippen molar-refractivity contribution < 1.29 is 47.0 Å². The molecule has 3 rings (SSSR count). The van der Waals surface area contributed by atoms with E-state index in [1.54, 1.807) is 0 Å². The van der Waals surface area contributed by atoms with Crippen LogP contribution >= 0.6 is 0 Å². The van der Waals surface area contributed by atoms with Gasteiger partial charge >= 0.3 is 24.0 Å². The van der Waals surface area contributed by atoms with Gasteiger partial charge in [0.25, 0.3) is 11.5 Å². The number of benzene rings is 1. The molecular weight excluding hydrogens is 633 g/mol. The fourth-order valence-electron chi connectivity index (χ4n) is 4.24. The van der Waals surface area contributed by atoms with Gasteiger partial charge < -0.3 is 26.2 Å². The van der Waals surface area contributed by atoms with Crippen LogP contribution in [-0.4, -0.2) is 80.6 Å². The average molecular weight is 665 g/mol. The summed E-state index contributed by atoms with van der Waals surface area (Å²) in [4.78, 5) is 86.6. The van der Waals surface area contributed by atoms with E-state index in [9.17, 15) is 41.9 Å². The number of nitrogens with zero attached hydrogens (tertiary/aromatic N) is 4. The van der Waals surface area contributed by atoms with E-state index < -0.39 is 54.0 Å². The summed E-state index contributed by atoms with van der Waals surface area (Å²) in [5.74, 6) is -5.48. The van der Waals surface area contributed by atoms with E-state index in [1.807, 2.05) is 0 Å². The number of ether oxygens (including phenoxy) is 1. The molecule has 0 radical (unpaired) electrons. The lowest BCUT2D eigenvalue weighted by atomic mass is 10.1. The van der Waals surface area contributed by atoms with E-state index in [-0.39, 0.29) is 53.3 Å². The van der Waals surface area contributed by atoms with Gasteiger partial charge in [-0.2, -0.15) is 18.2 Å². The smallest absolute Gasteiger partial charge is 0.471 e. The zero-order valence-corrected chi connectivity index (χ0v) is 24.9. The SMILES string of the molecule is COC(=O)C(CCC(=O)NCCCCCC(=O)O)NC(=O)c1ccc(N(Cc2cnc3nc(N)[nH]c(=O)c3n2)C(=O)C(F)(F)F)cc1. The van der Waals surface area contributed by atoms with Gasteiger partial charge in [-0.05, 0) is 43.5 Å². The van der Waals surface area contributed by atoms with Crippen molar-refractivity contribution in [2.75, 3.05) is 24.3 Å². The van der Waals surface area contributed by atoms with Crippen molar-refractivity contribution in [3.05, 3.63) is 52.1 Å². The molecule has 0 aliphatic carbocycles. The number of esters is 1. The monoisotopic (exact) mass is 664 g/mol. The van der Waals surface area contributed by atoms with Crippen LogP contribution in [0.4, 0.5) is 24.8 Å². The fourth-order valence-corrected chi connectivity index (χ4v) is 4.24. The Balaban J connectivity index is 1.69. The minimum Gasteiger partial charge on any atom is -0.481 e. The maximum Gasteiger partial charge on any atom is 0.471 e. The molecule has 47 heavy (non-hydrogen) atoms. The number of hydrogen-bond acceptors (Lipinski definition) is 11. The molecule has 16 nitrogen and oxygen atoms in total. The second kappa shape index (κ2) is 16.1. The van der Waals surface area contributed by atoms with Crippen LogP contribution in [-0.2, 0) is 30.5 Å². The van der Waals surface area contributed by atoms with Crippen molar-refractivity contribution >= 4 is 52.5 Å². The summed E-state index contributed by atoms with van der Waals surface area (Å²) in [6, 6.07) is 3.14. The third kappa shape index (κ3) is 10.5. The number of nitrogens with two attached hydrogens (primary N) is 1. The summed E-state index contributed by atoms with van der Waals surface area (Å²) in [5, 5.41) is 13.7. The van der Waals surface area contributed by atoms with Crippen molar-refractivity contribution in [1.82, 2.24) is 30.6 Å². The minimum atomic E-state index is -5.30. The molecule has 1 atom stereocenters. The van der Waals surface area contributed by atoms with E-state index >= 15 is 0 Å². The molecule has 252 valence electrons. The molecule has 19 heteroatoms. The number of carbonyl (C=O) groups is 5. The summed E-state index contributed by atoms with van der Waals surface area (Å²) < 4.78 is 45.3. The first-order valence-corrected chi connectivity index (χ1v) is 14.1. The Hall–Kier alpha value is -5.62. The summed E-state index contributed by atoms with van der Waals surface area (Å²) in [6.45, 7) is -0.461. The summed E-state index contributed by atoms with van der Waals surface area (Å²) in [5.41, 5.74) is 3.65. The predicted molar refractivity (Wildman–Crippen MR) is 158 cm³/mol. The Bertz CT molecular complexity index is 1680. The summed E-state index contributed by atoms with van der Waals surface area (Å²) >= 11 is 0. The molecule has 0 bridgehead atoms. The highest BCUT2D eigenvalue weighted by molar-refractivity contribution is 5.99. The number of nitrogens with one attached hydrogen (secondary N) is 3. The third-order valence-electron chi connectivity index (χ3n) is 6.58. The zero-order chi connectivity index (χ0) is 34.7. The molecule has 0 fully saturated rings. The molecule has 2 heterocycles. The second-order valence-corrected chi connectivity index (χ2v) is 10.1. The predicted octanol–water partition coefficient (Wildman–Crippen LogP) is 1.20. The van der Waals surface area contributed by atoms with E-state index in [2.05, 4.69) is 30.6 Å². The first kappa shape index (κ1) is 35.9. The molecule has 0 saturated heterocycles. The van der Waals surface area contributed by atoms with Crippen molar-refractivity contribution in [1.29, 1.82) is 0 Å². The molecule has 6 N–H and O–H groups in total. The normalized spacial score (nSPS) is 11.8. The van der Waals surface area contributed by atoms with Crippen molar-refractivity contribution in [2.45, 2.75) is 57.3 Å². The highest BCUT2D eigenvalue weighted by atomic mass is 19.4. The first-order valence-electron chi connectivity index (χ1n) is 14.1. The number of unbranched alkanes of at least 4 members (excludes halogenated alkanes) is 2. The van der Waals surface area contributed by atoms with Crippen molar-refractivity contribution in [3.8, 4) is 0 Å². The van der Waals surface area contributed by atoms with Gasteiger partial charge in [0.05, 0.1) is 25.5 Å². The molecule has 0 spiro atoms. The number of H-pyrrole nitrogens is 1. The third-order valence-corrected chi connectivity index (χ3v) is 6.58. The van der Waals surface area contributed by atoms with Crippen LogP contribution in [0.5, 0.6) is 0 Å². The van der Waals surface area contributed by atoms with Gasteiger partial charge in [0, 0.05) is 30.6 Å². The van der Waals surface area contributed by atoms with E-state index in [1.165, 1.54) is 0 Å². The number of fused-ring (bicyclic) bond motifs is 1. The number of carbonyl (C=O) groups excluding carboxylic acids is 4. The lowest BCUT2D eigenvalue weighted by Gasteiger charge is -2.24. The number of carboxylic acids is 1. The molecule has 1 unspecified atom stereocenters. The second-order valence-electron chi connectivity index (χ2n) is 10.1. The number of aliphatic carboxylic acids is 1. The Morgan fingerprint density at radius 3 is 2.40 bits per heavy atom. The standard InChI is InChI=1S/C28H31F3N8O8/c1-47-25(45)18(10-11-19(40)33-12-4-2-3-5-20(41)42)36-23(43)15-6-8-17(9-7-15)39(26(46)28(29,30)31)14-16-13-34-22-21(35-16)24(44)38-27(32)37-22/h6-9,13,18H,2-5,10-12,14H2,1H3,(H,33,40)(H,36,43)(H,41,42)(H3,32,34,37,38,44). The van der Waals surface area contributed by atoms with Gasteiger partial charge in [-0.15, -0.1) is 0 Å². The van der Waals surface area contributed by atoms with E-state index in [4.69, 9.17) is 15.6 Å². The first-order chi connectivity index (χ1) is 22.2. The number of anilines is 2. The number of hydrogen-bond donors (Lipinski definition) is 5. The summed E-state index contributed by atoms with van der Waals surface area (Å²) in [6.07, 6.45) is -2.91. The number of amides is 3. The highest BCUT2D eigenvalue weighted by Gasteiger charge is 2.43. The van der Waals surface area contributed by atoms with Gasteiger partial charge in [0.2, 0.25) is 11.9 Å². The molecule has 3 aromatic rings. The van der Waals surface area contributed by atoms with Gasteiger partial charge in [0.15, 0.2) is 11.2 Å². The van der Waals surface area contributed by atoms with E-state index in [0.717, 1.165) is 37.6 Å². The van der Waals surface area contributed by atoms with Gasteiger partial charge in [-0.25, -0.2) is 14.8 Å². The Morgan fingerprint density at radius 2 is 1.77 bits per heavy atom. The molecule has 3 amide bonds. The fraction of sp³-hybridized carbons (Fsp3) is 0.393. The topological polar surface area (TPSA) is 240 Å². The zero-order valence-electron chi connectivity index (χ0n) is 24.9. The lowest BCUT2D eigenvalue weighted by molar-refractivity contribution is -0.170. The minimum absolute atomic E-state index is 0.0273. The number of methoxy groups -OCH3 is 1. The largest absolute Gasteiger partial charge is 0.481 e. The number of rotatable bonds is 15. The Labute approximate surface area is 263 Å². The molecule has 0 aliphatic rings. The van der Waals surface area contributed by atoms with E-state index in [0.29, 0.717) is 30.7 Å². The van der Waals surface area contributed by atoms with Crippen LogP contribution in [0.2, 0.25) is 0 Å². The molecule has 1 aromatic carbocycles. The Kier molecular flexibility index (Phi) is 12.3. The highest BCUT2D eigenvalue weighted by Crippen LogP contribution is 2.26. The molecule has 0 saturated carbocycles. The van der Waals surface area contributed by atoms with Crippen LogP contribution in [0.15, 0.2) is 35.3 Å². The maximum atomic E-state index is 13.5. The number of aromatic nitrogens is 4. The molecular formula is C28H31F3N8O8. The maximum absolute atomic E-state index is 13.5. The lowest BCUT2D eigenvalue weighted by Crippen LogP contribution is -2.42. The Morgan fingerprint density at radius 1 is 1.06 bits per heavy atom. The number of aromatic amines is 1. The quantitative estimate of drug-likeness (QED) is 0.114. The molecule has 0 aliphatic heterocycles. The van der Waals surface area contributed by atoms with Crippen LogP contribution in [0.3, 0.4) is 0 Å². The van der Waals surface area contributed by atoms with Crippen molar-refractivity contribution in [2.24, 2.45) is 0 Å². The van der Waals surface area contributed by atoms with Crippen LogP contribution in [0.25, 0.3) is 11.2 Å². The van der Waals surface area contributed by atoms with Crippen LogP contribution in [0.1, 0.15) is 54.6 Å². The van der Waals surface area contributed by atoms with Crippen LogP contribution in [0, 0.1) is 0 Å².